The van der Waals surface area contributed by atoms with Gasteiger partial charge in [-0.2, -0.15) is 4.98 Å². The lowest BCUT2D eigenvalue weighted by Gasteiger charge is -2.24. The number of carbonyl (C=O) groups excluding carboxylic acids is 1. The molecule has 1 unspecified atom stereocenters. The van der Waals surface area contributed by atoms with E-state index in [2.05, 4.69) is 15.5 Å². The molecule has 1 atom stereocenters. The van der Waals surface area contributed by atoms with Crippen molar-refractivity contribution >= 4 is 11.7 Å². The molecule has 1 aliphatic heterocycles. The summed E-state index contributed by atoms with van der Waals surface area (Å²) in [6.07, 6.45) is 2.22. The Morgan fingerprint density at radius 2 is 2.33 bits per heavy atom. The third kappa shape index (κ3) is 3.91. The second-order valence-electron chi connectivity index (χ2n) is 5.82. The summed E-state index contributed by atoms with van der Waals surface area (Å²) in [5.74, 6) is 1.02. The summed E-state index contributed by atoms with van der Waals surface area (Å²) >= 11 is 0. The molecule has 2 amide bonds. The van der Waals surface area contributed by atoms with Crippen LogP contribution in [0.1, 0.15) is 25.7 Å². The van der Waals surface area contributed by atoms with Gasteiger partial charge in [-0.1, -0.05) is 17.3 Å². The monoisotopic (exact) mass is 330 g/mol. The number of anilines is 1. The number of nitrogens with one attached hydrogen (secondary N) is 1. The van der Waals surface area contributed by atoms with Crippen LogP contribution in [0.15, 0.2) is 28.8 Å². The molecule has 24 heavy (non-hydrogen) atoms. The summed E-state index contributed by atoms with van der Waals surface area (Å²) in [6.45, 7) is 5.75. The highest BCUT2D eigenvalue weighted by Gasteiger charge is 2.21. The maximum Gasteiger partial charge on any atom is 0.321 e. The number of amides is 2. The van der Waals surface area contributed by atoms with Gasteiger partial charge in [0.15, 0.2) is 0 Å². The number of likely N-dealkylation sites (N-methyl/N-ethyl adjacent to an activating group) is 1. The molecular formula is C17H22N4O3. The number of nitrogens with zero attached hydrogens (tertiary/aromatic N) is 3. The lowest BCUT2D eigenvalue weighted by atomic mass is 10.2. The van der Waals surface area contributed by atoms with Gasteiger partial charge in [0.2, 0.25) is 11.7 Å². The van der Waals surface area contributed by atoms with Gasteiger partial charge in [0.25, 0.3) is 0 Å². The molecule has 1 aromatic carbocycles. The van der Waals surface area contributed by atoms with E-state index in [-0.39, 0.29) is 12.1 Å². The molecule has 2 heterocycles. The number of hydrogen-bond acceptors (Lipinski definition) is 5. The van der Waals surface area contributed by atoms with Crippen molar-refractivity contribution in [3.05, 3.63) is 30.2 Å². The molecular weight excluding hydrogens is 308 g/mol. The van der Waals surface area contributed by atoms with Crippen LogP contribution in [0.4, 0.5) is 10.5 Å². The Labute approximate surface area is 141 Å². The van der Waals surface area contributed by atoms with E-state index >= 15 is 0 Å². The number of hydrogen-bond donors (Lipinski definition) is 1. The average molecular weight is 330 g/mol. The molecule has 7 heteroatoms. The Morgan fingerprint density at radius 3 is 3.00 bits per heavy atom. The fraction of sp³-hybridized carbons (Fsp3) is 0.471. The van der Waals surface area contributed by atoms with E-state index < -0.39 is 0 Å². The van der Waals surface area contributed by atoms with Crippen LogP contribution in [0.3, 0.4) is 0 Å². The fourth-order valence-corrected chi connectivity index (χ4v) is 2.74. The third-order valence-corrected chi connectivity index (χ3v) is 4.02. The van der Waals surface area contributed by atoms with Crippen LogP contribution in [0.25, 0.3) is 11.4 Å². The van der Waals surface area contributed by atoms with Gasteiger partial charge >= 0.3 is 6.03 Å². The molecule has 128 valence electrons. The van der Waals surface area contributed by atoms with Crippen molar-refractivity contribution in [2.45, 2.75) is 32.8 Å². The first-order chi connectivity index (χ1) is 11.7. The summed E-state index contributed by atoms with van der Waals surface area (Å²) < 4.78 is 10.6. The molecule has 1 saturated heterocycles. The number of benzene rings is 1. The van der Waals surface area contributed by atoms with Crippen molar-refractivity contribution in [1.82, 2.24) is 15.0 Å². The zero-order valence-corrected chi connectivity index (χ0v) is 14.0. The second kappa shape index (κ2) is 7.44. The summed E-state index contributed by atoms with van der Waals surface area (Å²) in [4.78, 5) is 18.5. The molecule has 7 nitrogen and oxygen atoms in total. The minimum absolute atomic E-state index is 0.130. The first-order valence-corrected chi connectivity index (χ1v) is 8.24. The lowest BCUT2D eigenvalue weighted by molar-refractivity contribution is 0.0849. The number of rotatable bonds is 5. The molecule has 3 rings (SSSR count). The fourth-order valence-electron chi connectivity index (χ4n) is 2.74. The lowest BCUT2D eigenvalue weighted by Crippen LogP contribution is -2.39. The minimum Gasteiger partial charge on any atom is -0.376 e. The Balaban J connectivity index is 1.66. The van der Waals surface area contributed by atoms with Crippen molar-refractivity contribution in [2.24, 2.45) is 0 Å². The topological polar surface area (TPSA) is 80.5 Å². The predicted octanol–water partition coefficient (Wildman–Crippen LogP) is 3.08. The highest BCUT2D eigenvalue weighted by Crippen LogP contribution is 2.20. The Kier molecular flexibility index (Phi) is 5.10. The van der Waals surface area contributed by atoms with Crippen molar-refractivity contribution in [2.75, 3.05) is 25.0 Å². The van der Waals surface area contributed by atoms with E-state index in [1.165, 1.54) is 0 Å². The van der Waals surface area contributed by atoms with Crippen LogP contribution < -0.4 is 5.32 Å². The van der Waals surface area contributed by atoms with Gasteiger partial charge in [0.05, 0.1) is 6.10 Å². The van der Waals surface area contributed by atoms with Crippen LogP contribution in [0, 0.1) is 6.92 Å². The zero-order valence-electron chi connectivity index (χ0n) is 14.0. The summed E-state index contributed by atoms with van der Waals surface area (Å²) in [5, 5.41) is 6.83. The summed E-state index contributed by atoms with van der Waals surface area (Å²) in [5.41, 5.74) is 1.50. The molecule has 0 spiro atoms. The van der Waals surface area contributed by atoms with Crippen LogP contribution in [-0.2, 0) is 4.74 Å². The van der Waals surface area contributed by atoms with Gasteiger partial charge < -0.3 is 19.5 Å². The molecule has 0 bridgehead atoms. The van der Waals surface area contributed by atoms with Gasteiger partial charge in [-0.3, -0.25) is 0 Å². The molecule has 0 saturated carbocycles. The molecule has 1 fully saturated rings. The molecule has 1 N–H and O–H groups in total. The number of urea groups is 1. The van der Waals surface area contributed by atoms with Crippen molar-refractivity contribution < 1.29 is 14.1 Å². The second-order valence-corrected chi connectivity index (χ2v) is 5.82. The van der Waals surface area contributed by atoms with Crippen LogP contribution in [0.5, 0.6) is 0 Å². The largest absolute Gasteiger partial charge is 0.376 e. The van der Waals surface area contributed by atoms with E-state index in [0.717, 1.165) is 25.0 Å². The number of ether oxygens (including phenoxy) is 1. The maximum absolute atomic E-state index is 12.5. The van der Waals surface area contributed by atoms with Gasteiger partial charge in [0, 0.05) is 37.9 Å². The smallest absolute Gasteiger partial charge is 0.321 e. The first-order valence-electron chi connectivity index (χ1n) is 8.24. The molecule has 0 aliphatic carbocycles. The Morgan fingerprint density at radius 1 is 1.46 bits per heavy atom. The van der Waals surface area contributed by atoms with Crippen molar-refractivity contribution in [1.29, 1.82) is 0 Å². The molecule has 2 aromatic rings. The van der Waals surface area contributed by atoms with Gasteiger partial charge in [-0.25, -0.2) is 4.79 Å². The van der Waals surface area contributed by atoms with Gasteiger partial charge in [0.1, 0.15) is 0 Å². The molecule has 1 aliphatic rings. The van der Waals surface area contributed by atoms with Gasteiger partial charge in [-0.05, 0) is 31.9 Å². The van der Waals surface area contributed by atoms with Crippen LogP contribution in [0.2, 0.25) is 0 Å². The normalized spacial score (nSPS) is 17.0. The van der Waals surface area contributed by atoms with Crippen LogP contribution in [-0.4, -0.2) is 46.9 Å². The van der Waals surface area contributed by atoms with Gasteiger partial charge in [-0.15, -0.1) is 0 Å². The van der Waals surface area contributed by atoms with E-state index in [1.807, 2.05) is 31.2 Å². The van der Waals surface area contributed by atoms with E-state index in [1.54, 1.807) is 11.8 Å². The van der Waals surface area contributed by atoms with E-state index in [0.29, 0.717) is 30.5 Å². The highest BCUT2D eigenvalue weighted by atomic mass is 16.5. The Bertz CT molecular complexity index is 695. The number of carbonyl (C=O) groups is 1. The summed E-state index contributed by atoms with van der Waals surface area (Å²) in [7, 11) is 0. The highest BCUT2D eigenvalue weighted by molar-refractivity contribution is 5.90. The number of aromatic nitrogens is 2. The Hall–Kier alpha value is -2.41. The van der Waals surface area contributed by atoms with Crippen molar-refractivity contribution in [3.8, 4) is 11.4 Å². The third-order valence-electron chi connectivity index (χ3n) is 4.02. The molecule has 0 radical (unpaired) electrons. The average Bonchev–Trinajstić information content (AvgIpc) is 3.24. The molecule has 1 aromatic heterocycles. The SMILES string of the molecule is CCN(CC1CCCO1)C(=O)Nc1cccc(-c2noc(C)n2)c1. The maximum atomic E-state index is 12.5. The van der Waals surface area contributed by atoms with Crippen LogP contribution >= 0.6 is 0 Å². The zero-order chi connectivity index (χ0) is 16.9. The number of aryl methyl sites for hydroxylation is 1. The van der Waals surface area contributed by atoms with E-state index in [9.17, 15) is 4.79 Å². The standard InChI is InChI=1S/C17H22N4O3/c1-3-21(11-15-8-5-9-23-15)17(22)19-14-7-4-6-13(10-14)16-18-12(2)24-20-16/h4,6-7,10,15H,3,5,8-9,11H2,1-2H3,(H,19,22). The summed E-state index contributed by atoms with van der Waals surface area (Å²) in [6, 6.07) is 7.28. The van der Waals surface area contributed by atoms with E-state index in [4.69, 9.17) is 9.26 Å². The first kappa shape index (κ1) is 16.4. The predicted molar refractivity (Wildman–Crippen MR) is 89.7 cm³/mol. The minimum atomic E-state index is -0.130. The van der Waals surface area contributed by atoms with Crippen molar-refractivity contribution in [3.63, 3.8) is 0 Å². The quantitative estimate of drug-likeness (QED) is 0.911.